The average molecular weight is 651 g/mol. The van der Waals surface area contributed by atoms with Gasteiger partial charge in [0.25, 0.3) is 0 Å². The quantitative estimate of drug-likeness (QED) is 0.242. The van der Waals surface area contributed by atoms with E-state index in [9.17, 15) is 24.3 Å². The summed E-state index contributed by atoms with van der Waals surface area (Å²) in [5.41, 5.74) is -0.605. The van der Waals surface area contributed by atoms with Crippen LogP contribution in [0.2, 0.25) is 0 Å². The van der Waals surface area contributed by atoms with Crippen LogP contribution in [0.5, 0.6) is 0 Å². The van der Waals surface area contributed by atoms with Crippen molar-refractivity contribution in [3.05, 3.63) is 60.2 Å². The Morgan fingerprint density at radius 1 is 0.979 bits per heavy atom. The molecule has 3 saturated heterocycles. The number of esters is 1. The van der Waals surface area contributed by atoms with Crippen LogP contribution in [0.3, 0.4) is 0 Å². The Morgan fingerprint density at radius 3 is 2.53 bits per heavy atom. The molecule has 0 aliphatic carbocycles. The van der Waals surface area contributed by atoms with E-state index < -0.39 is 47.7 Å². The predicted octanol–water partition coefficient (Wildman–Crippen LogP) is 1.21. The zero-order valence-corrected chi connectivity index (χ0v) is 27.0. The number of allylic oxidation sites excluding steroid dienone is 1. The summed E-state index contributed by atoms with van der Waals surface area (Å²) in [5, 5.41) is 12.5. The molecule has 3 amide bonds. The molecular formula is C35H46N4O8. The van der Waals surface area contributed by atoms with Gasteiger partial charge in [-0.15, -0.1) is 0 Å². The maximum Gasteiger partial charge on any atom is 0.313 e. The van der Waals surface area contributed by atoms with E-state index in [1.54, 1.807) is 28.9 Å². The fourth-order valence-electron chi connectivity index (χ4n) is 7.64. The number of carbonyl (C=O) groups is 4. The normalized spacial score (nSPS) is 34.0. The Morgan fingerprint density at radius 2 is 1.77 bits per heavy atom. The number of amides is 3. The number of hydrogen-bond donors (Lipinski definition) is 2. The molecule has 0 aromatic heterocycles. The zero-order chi connectivity index (χ0) is 33.0. The molecule has 0 saturated carbocycles. The van der Waals surface area contributed by atoms with Crippen molar-refractivity contribution in [2.24, 2.45) is 11.8 Å². The Balaban J connectivity index is 1.36. The SMILES string of the molecule is C[C@H]1NC(=O)CC/C=C\CN(CCN2CCOCC2)C(=O)[C@@H]2N(CCCCO)C(=O)[C@H]3[C@H](C(=O)O[C@@H]1c1ccccc1)[C@@H]1C=C[C@]23O1. The number of hydrogen-bond acceptors (Lipinski definition) is 9. The number of aliphatic hydroxyl groups excluding tert-OH is 1. The zero-order valence-electron chi connectivity index (χ0n) is 27.0. The highest BCUT2D eigenvalue weighted by Crippen LogP contribution is 2.56. The third-order valence-corrected chi connectivity index (χ3v) is 10.0. The van der Waals surface area contributed by atoms with Gasteiger partial charge in [0.2, 0.25) is 17.7 Å². The number of likely N-dealkylation sites (tertiary alicyclic amines) is 1. The van der Waals surface area contributed by atoms with Crippen LogP contribution in [-0.4, -0.2) is 126 Å². The maximum absolute atomic E-state index is 14.7. The third kappa shape index (κ3) is 6.74. The first kappa shape index (κ1) is 33.3. The van der Waals surface area contributed by atoms with E-state index in [4.69, 9.17) is 14.2 Å². The molecule has 2 N–H and O–H groups in total. The number of nitrogens with zero attached hydrogens (tertiary/aromatic N) is 3. The van der Waals surface area contributed by atoms with Gasteiger partial charge in [-0.1, -0.05) is 54.6 Å². The number of rotatable bonds is 8. The summed E-state index contributed by atoms with van der Waals surface area (Å²) < 4.78 is 18.2. The molecule has 254 valence electrons. The second-order valence-electron chi connectivity index (χ2n) is 13.0. The summed E-state index contributed by atoms with van der Waals surface area (Å²) in [6, 6.07) is 7.71. The molecule has 1 aromatic carbocycles. The minimum absolute atomic E-state index is 0.0330. The summed E-state index contributed by atoms with van der Waals surface area (Å²) in [6.07, 6.45) is 7.53. The second-order valence-corrected chi connectivity index (χ2v) is 13.0. The summed E-state index contributed by atoms with van der Waals surface area (Å²) in [5.74, 6) is -3.26. The predicted molar refractivity (Wildman–Crippen MR) is 171 cm³/mol. The van der Waals surface area contributed by atoms with Crippen molar-refractivity contribution in [3.8, 4) is 0 Å². The van der Waals surface area contributed by atoms with Gasteiger partial charge < -0.3 is 34.4 Å². The lowest BCUT2D eigenvalue weighted by Gasteiger charge is -2.37. The minimum Gasteiger partial charge on any atom is -0.455 e. The van der Waals surface area contributed by atoms with Crippen LogP contribution in [0.15, 0.2) is 54.6 Å². The molecule has 0 radical (unpaired) electrons. The molecule has 5 aliphatic heterocycles. The molecule has 0 unspecified atom stereocenters. The molecule has 6 rings (SSSR count). The lowest BCUT2D eigenvalue weighted by Crippen LogP contribution is -2.57. The summed E-state index contributed by atoms with van der Waals surface area (Å²) in [4.78, 5) is 61.8. The summed E-state index contributed by atoms with van der Waals surface area (Å²) >= 11 is 0. The number of morpholine rings is 1. The lowest BCUT2D eigenvalue weighted by molar-refractivity contribution is -0.161. The topological polar surface area (TPSA) is 138 Å². The molecule has 12 heteroatoms. The van der Waals surface area contributed by atoms with Crippen molar-refractivity contribution in [3.63, 3.8) is 0 Å². The highest BCUT2D eigenvalue weighted by Gasteiger charge is 2.73. The van der Waals surface area contributed by atoms with Crippen LogP contribution < -0.4 is 5.32 Å². The number of ether oxygens (including phenoxy) is 3. The van der Waals surface area contributed by atoms with Gasteiger partial charge in [0.15, 0.2) is 0 Å². The van der Waals surface area contributed by atoms with E-state index in [2.05, 4.69) is 10.2 Å². The van der Waals surface area contributed by atoms with E-state index in [0.717, 1.165) is 13.1 Å². The number of nitrogens with one attached hydrogen (secondary N) is 1. The molecule has 47 heavy (non-hydrogen) atoms. The molecule has 5 bridgehead atoms. The number of unbranched alkanes of at least 4 members (excludes halogenated alkanes) is 1. The molecule has 3 fully saturated rings. The van der Waals surface area contributed by atoms with Gasteiger partial charge in [-0.05, 0) is 31.7 Å². The van der Waals surface area contributed by atoms with Gasteiger partial charge in [0.05, 0.1) is 31.3 Å². The monoisotopic (exact) mass is 650 g/mol. The fraction of sp³-hybridized carbons (Fsp3) is 0.600. The first-order chi connectivity index (χ1) is 22.8. The number of carbonyl (C=O) groups excluding carboxylic acids is 4. The first-order valence-electron chi connectivity index (χ1n) is 16.9. The summed E-state index contributed by atoms with van der Waals surface area (Å²) in [7, 11) is 0. The van der Waals surface area contributed by atoms with Gasteiger partial charge in [0, 0.05) is 52.3 Å². The van der Waals surface area contributed by atoms with Crippen molar-refractivity contribution < 1.29 is 38.5 Å². The van der Waals surface area contributed by atoms with Crippen LogP contribution in [0.4, 0.5) is 0 Å². The molecule has 1 spiro atoms. The Hall–Kier alpha value is -3.58. The molecule has 5 heterocycles. The number of aliphatic hydroxyl groups is 1. The lowest BCUT2D eigenvalue weighted by atomic mass is 9.74. The van der Waals surface area contributed by atoms with E-state index in [0.29, 0.717) is 57.7 Å². The number of fused-ring (bicyclic) bond motifs is 2. The van der Waals surface area contributed by atoms with Crippen LogP contribution >= 0.6 is 0 Å². The van der Waals surface area contributed by atoms with Crippen LogP contribution in [0.1, 0.15) is 44.3 Å². The van der Waals surface area contributed by atoms with Crippen LogP contribution in [-0.2, 0) is 33.4 Å². The van der Waals surface area contributed by atoms with Gasteiger partial charge >= 0.3 is 5.97 Å². The van der Waals surface area contributed by atoms with Crippen molar-refractivity contribution in [2.75, 3.05) is 59.1 Å². The van der Waals surface area contributed by atoms with Crippen molar-refractivity contribution in [1.29, 1.82) is 0 Å². The van der Waals surface area contributed by atoms with Crippen molar-refractivity contribution >= 4 is 23.7 Å². The van der Waals surface area contributed by atoms with Gasteiger partial charge in [0.1, 0.15) is 23.7 Å². The van der Waals surface area contributed by atoms with Crippen LogP contribution in [0, 0.1) is 11.8 Å². The molecule has 7 atom stereocenters. The molecule has 5 aliphatic rings. The standard InChI is InChI=1S/C35H46N4O8/c1-24-30(25-10-4-2-5-11-25)46-34(44)28-26-13-14-35(47-26)29(28)32(42)39(16-8-9-21-40)31(35)33(43)38(15-7-3-6-12-27(41)36-24)18-17-37-19-22-45-23-20-37/h2-5,7,10-11,13-14,24,26,28-31,40H,6,8-9,12,15-23H2,1H3,(H,36,41)/b7-3-/t24-,26+,28-,29-,30+,31+,35-/m1/s1. The molecular weight excluding hydrogens is 604 g/mol. The fourth-order valence-corrected chi connectivity index (χ4v) is 7.64. The Kier molecular flexibility index (Phi) is 10.4. The highest BCUT2D eigenvalue weighted by molar-refractivity contribution is 5.99. The maximum atomic E-state index is 14.7. The highest BCUT2D eigenvalue weighted by atomic mass is 16.6. The minimum atomic E-state index is -1.32. The average Bonchev–Trinajstić information content (AvgIpc) is 3.72. The van der Waals surface area contributed by atoms with E-state index in [-0.39, 0.29) is 37.3 Å². The molecule has 12 nitrogen and oxygen atoms in total. The van der Waals surface area contributed by atoms with E-state index in [1.165, 1.54) is 0 Å². The first-order valence-corrected chi connectivity index (χ1v) is 16.9. The second kappa shape index (κ2) is 14.7. The Labute approximate surface area is 275 Å². The largest absolute Gasteiger partial charge is 0.455 e. The van der Waals surface area contributed by atoms with Crippen LogP contribution in [0.25, 0.3) is 0 Å². The van der Waals surface area contributed by atoms with Crippen molar-refractivity contribution in [1.82, 2.24) is 20.0 Å². The third-order valence-electron chi connectivity index (χ3n) is 10.0. The smallest absolute Gasteiger partial charge is 0.313 e. The van der Waals surface area contributed by atoms with E-state index >= 15 is 0 Å². The molecule has 1 aromatic rings. The van der Waals surface area contributed by atoms with Gasteiger partial charge in [-0.3, -0.25) is 24.1 Å². The Bertz CT molecular complexity index is 1360. The number of cyclic esters (lactones) is 1. The van der Waals surface area contributed by atoms with Gasteiger partial charge in [-0.2, -0.15) is 0 Å². The summed E-state index contributed by atoms with van der Waals surface area (Å²) in [6.45, 7) is 6.20. The van der Waals surface area contributed by atoms with E-state index in [1.807, 2.05) is 42.5 Å². The van der Waals surface area contributed by atoms with Crippen molar-refractivity contribution in [2.45, 2.75) is 62.5 Å². The number of benzene rings is 1. The van der Waals surface area contributed by atoms with Gasteiger partial charge in [-0.25, -0.2) is 0 Å².